The number of hydroxylamine groups is 1. The Balaban J connectivity index is 2.22. The maximum absolute atomic E-state index is 15.9. The summed E-state index contributed by atoms with van der Waals surface area (Å²) in [5, 5.41) is 3.52. The number of aromatic nitrogens is 1. The summed E-state index contributed by atoms with van der Waals surface area (Å²) in [5.74, 6) is -1.94. The van der Waals surface area contributed by atoms with Crippen LogP contribution in [0, 0.1) is 5.82 Å². The molecule has 1 amide bonds. The lowest BCUT2D eigenvalue weighted by molar-refractivity contribution is -0.149. The molecule has 0 bridgehead atoms. The number of pyridine rings is 1. The third kappa shape index (κ3) is 5.82. The van der Waals surface area contributed by atoms with E-state index in [9.17, 15) is 14.4 Å². The zero-order chi connectivity index (χ0) is 26.4. The van der Waals surface area contributed by atoms with Crippen molar-refractivity contribution in [3.05, 3.63) is 33.9 Å². The van der Waals surface area contributed by atoms with E-state index >= 15 is 4.39 Å². The van der Waals surface area contributed by atoms with Crippen LogP contribution in [-0.2, 0) is 9.63 Å². The van der Waals surface area contributed by atoms with E-state index in [-0.39, 0.29) is 35.1 Å². The van der Waals surface area contributed by atoms with E-state index in [1.54, 1.807) is 25.1 Å². The zero-order valence-corrected chi connectivity index (χ0v) is 22.1. The van der Waals surface area contributed by atoms with E-state index in [1.807, 2.05) is 25.3 Å². The maximum Gasteiger partial charge on any atom is 0.332 e. The molecule has 198 valence electrons. The third-order valence-electron chi connectivity index (χ3n) is 6.94. The van der Waals surface area contributed by atoms with Gasteiger partial charge in [0.25, 0.3) is 5.91 Å². The molecule has 2 N–H and O–H groups in total. The van der Waals surface area contributed by atoms with Gasteiger partial charge in [0.1, 0.15) is 5.56 Å². The fourth-order valence-electron chi connectivity index (χ4n) is 5.01. The molecule has 0 atom stereocenters. The first-order valence-corrected chi connectivity index (χ1v) is 13.1. The van der Waals surface area contributed by atoms with Crippen LogP contribution in [0.25, 0.3) is 10.9 Å². The normalized spacial score (nSPS) is 14.2. The van der Waals surface area contributed by atoms with Crippen LogP contribution < -0.4 is 21.1 Å². The van der Waals surface area contributed by atoms with Crippen LogP contribution >= 0.6 is 0 Å². The van der Waals surface area contributed by atoms with Crippen LogP contribution in [0.1, 0.15) is 95.0 Å². The van der Waals surface area contributed by atoms with E-state index in [0.717, 1.165) is 38.5 Å². The second-order valence-corrected chi connectivity index (χ2v) is 9.76. The molecule has 1 fully saturated rings. The van der Waals surface area contributed by atoms with Crippen molar-refractivity contribution in [1.29, 1.82) is 0 Å². The molecular formula is C27H39FN4O4. The lowest BCUT2D eigenvalue weighted by Gasteiger charge is -2.28. The number of nitrogens with zero attached hydrogens (tertiary/aromatic N) is 2. The molecule has 1 aromatic heterocycles. The molecule has 1 aromatic carbocycles. The van der Waals surface area contributed by atoms with Crippen molar-refractivity contribution in [3.63, 3.8) is 0 Å². The average Bonchev–Trinajstić information content (AvgIpc) is 2.86. The minimum atomic E-state index is -0.833. The number of hydrogen-bond acceptors (Lipinski definition) is 6. The van der Waals surface area contributed by atoms with Crippen molar-refractivity contribution < 1.29 is 18.8 Å². The van der Waals surface area contributed by atoms with Gasteiger partial charge in [0.2, 0.25) is 5.43 Å². The summed E-state index contributed by atoms with van der Waals surface area (Å²) in [6, 6.07) is 1.86. The number of carbonyl (C=O) groups is 2. The highest BCUT2D eigenvalue weighted by atomic mass is 19.1. The van der Waals surface area contributed by atoms with Crippen molar-refractivity contribution >= 4 is 34.2 Å². The molecule has 0 saturated heterocycles. The number of amides is 1. The first-order chi connectivity index (χ1) is 17.2. The predicted octanol–water partition coefficient (Wildman–Crippen LogP) is 5.30. The quantitative estimate of drug-likeness (QED) is 0.452. The first-order valence-electron chi connectivity index (χ1n) is 13.1. The molecule has 1 aliphatic rings. The summed E-state index contributed by atoms with van der Waals surface area (Å²) in [6.45, 7) is 5.87. The molecule has 0 unspecified atom stereocenters. The van der Waals surface area contributed by atoms with Gasteiger partial charge >= 0.3 is 5.97 Å². The SMILES string of the molecule is CCCC(=O)ONC(=O)c1cn(C(CC)CC)c2cc(NC3CCCCC3)c(F)c(N(C)C)c2c1=O. The van der Waals surface area contributed by atoms with Crippen molar-refractivity contribution in [1.82, 2.24) is 10.0 Å². The Labute approximate surface area is 212 Å². The fourth-order valence-corrected chi connectivity index (χ4v) is 5.01. The smallest absolute Gasteiger partial charge is 0.332 e. The Hall–Kier alpha value is -3.10. The number of halogens is 1. The second-order valence-electron chi connectivity index (χ2n) is 9.76. The van der Waals surface area contributed by atoms with Crippen LogP contribution in [0.3, 0.4) is 0 Å². The highest BCUT2D eigenvalue weighted by molar-refractivity contribution is 6.02. The predicted molar refractivity (Wildman–Crippen MR) is 141 cm³/mol. The lowest BCUT2D eigenvalue weighted by atomic mass is 9.95. The van der Waals surface area contributed by atoms with E-state index in [2.05, 4.69) is 10.8 Å². The summed E-state index contributed by atoms with van der Waals surface area (Å²) >= 11 is 0. The summed E-state index contributed by atoms with van der Waals surface area (Å²) in [6.07, 6.45) is 9.06. The lowest BCUT2D eigenvalue weighted by Crippen LogP contribution is -2.33. The molecule has 2 aromatic rings. The van der Waals surface area contributed by atoms with Gasteiger partial charge in [0, 0.05) is 38.8 Å². The van der Waals surface area contributed by atoms with Crippen LogP contribution in [0.15, 0.2) is 17.1 Å². The van der Waals surface area contributed by atoms with E-state index in [0.29, 0.717) is 17.6 Å². The number of benzene rings is 1. The van der Waals surface area contributed by atoms with Gasteiger partial charge < -0.3 is 19.6 Å². The van der Waals surface area contributed by atoms with E-state index in [1.165, 1.54) is 12.6 Å². The van der Waals surface area contributed by atoms with E-state index in [4.69, 9.17) is 4.84 Å². The molecule has 0 spiro atoms. The first kappa shape index (κ1) is 27.5. The number of fused-ring (bicyclic) bond motifs is 1. The van der Waals surface area contributed by atoms with Crippen LogP contribution in [0.4, 0.5) is 15.8 Å². The maximum atomic E-state index is 15.9. The molecule has 8 nitrogen and oxygen atoms in total. The zero-order valence-electron chi connectivity index (χ0n) is 22.1. The number of rotatable bonds is 9. The van der Waals surface area contributed by atoms with Crippen molar-refractivity contribution in [2.24, 2.45) is 0 Å². The van der Waals surface area contributed by atoms with E-state index < -0.39 is 23.1 Å². The molecule has 9 heteroatoms. The van der Waals surface area contributed by atoms with Gasteiger partial charge in [0.05, 0.1) is 22.3 Å². The van der Waals surface area contributed by atoms with Crippen molar-refractivity contribution in [2.45, 2.75) is 90.6 Å². The minimum Gasteiger partial charge on any atom is -0.380 e. The second kappa shape index (κ2) is 12.2. The molecule has 0 radical (unpaired) electrons. The molecular weight excluding hydrogens is 463 g/mol. The Morgan fingerprint density at radius 3 is 2.42 bits per heavy atom. The summed E-state index contributed by atoms with van der Waals surface area (Å²) in [4.78, 5) is 44.8. The van der Waals surface area contributed by atoms with Gasteiger partial charge in [-0.2, -0.15) is 5.48 Å². The van der Waals surface area contributed by atoms with Crippen LogP contribution in [0.2, 0.25) is 0 Å². The highest BCUT2D eigenvalue weighted by Crippen LogP contribution is 2.36. The van der Waals surface area contributed by atoms with Gasteiger partial charge in [0.15, 0.2) is 5.82 Å². The standard InChI is InChI=1S/C27H39FN4O4/c1-6-12-22(33)36-30-27(35)19-16-32(18(7-2)8-3)21-15-20(29-17-13-10-9-11-14-17)24(28)25(31(4)5)23(21)26(19)34/h15-18,29H,6-14H2,1-5H3,(H,30,35). The van der Waals surface area contributed by atoms with Gasteiger partial charge in [-0.1, -0.05) is 40.0 Å². The monoisotopic (exact) mass is 502 g/mol. The van der Waals surface area contributed by atoms with Crippen LogP contribution in [0.5, 0.6) is 0 Å². The molecule has 36 heavy (non-hydrogen) atoms. The van der Waals surface area contributed by atoms with Gasteiger partial charge in [-0.25, -0.2) is 9.18 Å². The Morgan fingerprint density at radius 2 is 1.83 bits per heavy atom. The van der Waals surface area contributed by atoms with Crippen molar-refractivity contribution in [3.8, 4) is 0 Å². The minimum absolute atomic E-state index is 0.0229. The van der Waals surface area contributed by atoms with Crippen LogP contribution in [-0.4, -0.2) is 36.6 Å². The van der Waals surface area contributed by atoms with Crippen molar-refractivity contribution in [2.75, 3.05) is 24.3 Å². The number of carbonyl (C=O) groups excluding carboxylic acids is 2. The number of nitrogens with one attached hydrogen (secondary N) is 2. The molecule has 0 aliphatic heterocycles. The summed E-state index contributed by atoms with van der Waals surface area (Å²) in [5.41, 5.74) is 2.35. The van der Waals surface area contributed by atoms with Gasteiger partial charge in [-0.05, 0) is 38.2 Å². The molecule has 1 heterocycles. The molecule has 1 aliphatic carbocycles. The summed E-state index contributed by atoms with van der Waals surface area (Å²) < 4.78 is 17.8. The average molecular weight is 503 g/mol. The van der Waals surface area contributed by atoms with Gasteiger partial charge in [-0.3, -0.25) is 9.59 Å². The molecule has 1 saturated carbocycles. The largest absolute Gasteiger partial charge is 0.380 e. The highest BCUT2D eigenvalue weighted by Gasteiger charge is 2.26. The number of hydrogen-bond donors (Lipinski definition) is 2. The third-order valence-corrected chi connectivity index (χ3v) is 6.94. The Bertz CT molecular complexity index is 1150. The molecule has 3 rings (SSSR count). The fraction of sp³-hybridized carbons (Fsp3) is 0.593. The number of anilines is 2. The van der Waals surface area contributed by atoms with Gasteiger partial charge in [-0.15, -0.1) is 0 Å². The Morgan fingerprint density at radius 1 is 1.17 bits per heavy atom. The summed E-state index contributed by atoms with van der Waals surface area (Å²) in [7, 11) is 3.37. The topological polar surface area (TPSA) is 92.7 Å². The Kier molecular flexibility index (Phi) is 9.34.